The van der Waals surface area contributed by atoms with Crippen molar-refractivity contribution < 1.29 is 81.6 Å². The molecule has 25 heteroatoms. The van der Waals surface area contributed by atoms with Crippen LogP contribution in [0.1, 0.15) is 180 Å². The number of nitrogens with zero attached hydrogens (tertiary/aromatic N) is 4. The Morgan fingerprint density at radius 1 is 0.833 bits per heavy atom. The molecule has 1 aromatic heterocycles. The van der Waals surface area contributed by atoms with E-state index in [4.69, 9.17) is 28.5 Å². The number of carbonyl (C=O) groups excluding carboxylic acids is 12. The number of likely N-dealkylation sites (tertiary alicyclic amines) is 1. The lowest BCUT2D eigenvalue weighted by Crippen LogP contribution is -2.51. The Balaban J connectivity index is 0.00000691. The second-order valence-corrected chi connectivity index (χ2v) is 24.9. The number of phenols is 1. The van der Waals surface area contributed by atoms with Crippen LogP contribution in [0, 0.1) is 23.7 Å². The number of hydrogen-bond acceptors (Lipinski definition) is 20. The molecule has 90 heavy (non-hydrogen) atoms. The highest BCUT2D eigenvalue weighted by atomic mass is 32.1. The van der Waals surface area contributed by atoms with Crippen LogP contribution >= 0.6 is 11.3 Å². The molecule has 4 N–H and O–H groups in total. The van der Waals surface area contributed by atoms with Gasteiger partial charge >= 0.3 is 12.1 Å². The van der Waals surface area contributed by atoms with Crippen LogP contribution in [0.25, 0.3) is 0 Å². The molecule has 2 aromatic rings. The molecule has 0 unspecified atom stereocenters. The maximum atomic E-state index is 14.5. The normalized spacial score (nSPS) is 15.6. The van der Waals surface area contributed by atoms with Gasteiger partial charge in [0, 0.05) is 107 Å². The van der Waals surface area contributed by atoms with Gasteiger partial charge in [0.25, 0.3) is 17.7 Å². The predicted octanol–water partition coefficient (Wildman–Crippen LogP) is 6.91. The van der Waals surface area contributed by atoms with E-state index in [0.29, 0.717) is 75.3 Å². The molecule has 2 aliphatic heterocycles. The molecular weight excluding hydrogens is 1180 g/mol. The fourth-order valence-corrected chi connectivity index (χ4v) is 11.5. The van der Waals surface area contributed by atoms with Crippen molar-refractivity contribution in [3.8, 4) is 5.75 Å². The third-order valence-corrected chi connectivity index (χ3v) is 17.3. The van der Waals surface area contributed by atoms with E-state index in [1.54, 1.807) is 36.4 Å². The van der Waals surface area contributed by atoms with Crippen LogP contribution in [0.4, 0.5) is 5.69 Å². The van der Waals surface area contributed by atoms with Crippen LogP contribution in [0.2, 0.25) is 0 Å². The average molecular weight is 1280 g/mol. The molecule has 7 atom stereocenters. The van der Waals surface area contributed by atoms with Crippen LogP contribution in [0.15, 0.2) is 35.7 Å². The highest BCUT2D eigenvalue weighted by Crippen LogP contribution is 2.34. The number of esters is 1. The first kappa shape index (κ1) is 77.4. The lowest BCUT2D eigenvalue weighted by molar-refractivity contribution is -0.192. The van der Waals surface area contributed by atoms with Gasteiger partial charge in [0.2, 0.25) is 17.7 Å². The van der Waals surface area contributed by atoms with Gasteiger partial charge < -0.3 is 44.9 Å². The molecular formula is C65H97N7O17S. The smallest absolute Gasteiger partial charge is 0.373 e. The van der Waals surface area contributed by atoms with Crippen molar-refractivity contribution in [2.45, 2.75) is 189 Å². The van der Waals surface area contributed by atoms with Gasteiger partial charge in [-0.3, -0.25) is 57.7 Å². The van der Waals surface area contributed by atoms with Crippen molar-refractivity contribution in [2.75, 3.05) is 71.6 Å². The van der Waals surface area contributed by atoms with Crippen molar-refractivity contribution in [3.63, 3.8) is 0 Å². The van der Waals surface area contributed by atoms with Crippen molar-refractivity contribution in [1.82, 2.24) is 30.3 Å². The third kappa shape index (κ3) is 26.1. The number of ketones is 3. The summed E-state index contributed by atoms with van der Waals surface area (Å²) in [6.45, 7) is 21.9. The molecule has 0 radical (unpaired) electrons. The number of benzene rings is 1. The van der Waals surface area contributed by atoms with Crippen LogP contribution in [-0.4, -0.2) is 180 Å². The Morgan fingerprint density at radius 2 is 1.44 bits per heavy atom. The maximum absolute atomic E-state index is 14.5. The Bertz CT molecular complexity index is 2750. The second-order valence-electron chi connectivity index (χ2n) is 24.0. The van der Waals surface area contributed by atoms with E-state index < -0.39 is 59.3 Å². The topological polar surface area (TPSA) is 321 Å². The summed E-state index contributed by atoms with van der Waals surface area (Å²) in [6.07, 6.45) is 7.98. The number of aromatic nitrogens is 1. The standard InChI is InChI=1S/C64H97N7O15S.CO2/c1-12-18-47(66-61(81)51-40-87-62(68-51)55(86-45(8)72)39-52(41(3)4)69(11)63(82)49(42(5)13-2)38-56(76)64(9,10)70-26-14-15-27-70)36-46-21-22-53(74)50(37-46)67-60(80)43(6)35-54(75)44(7)65-57(77)25-30-84-32-34-85-33-31-83-29-17-20-48(73)19-16-28-71-58(78)23-24-59(71)79;2-1-3/h21-24,37,40-44,47,49,52,55,74H,12-20,25-36,38-39H2,1-11H3,(H,65,77)(H,66,81)(H,67,80);/t42-,43+,44-,47+,49-,52+,55+;/m0./s1. The van der Waals surface area contributed by atoms with Crippen LogP contribution < -0.4 is 16.0 Å². The van der Waals surface area contributed by atoms with Gasteiger partial charge in [-0.05, 0) is 102 Å². The number of rotatable bonds is 42. The molecule has 0 aliphatic carbocycles. The first-order valence-electron chi connectivity index (χ1n) is 31.4. The Morgan fingerprint density at radius 3 is 2.04 bits per heavy atom. The molecule has 4 rings (SSSR count). The maximum Gasteiger partial charge on any atom is 0.373 e. The monoisotopic (exact) mass is 1280 g/mol. The summed E-state index contributed by atoms with van der Waals surface area (Å²) in [7, 11) is 1.75. The number of hydrogen-bond donors (Lipinski definition) is 4. The number of aromatic hydroxyl groups is 1. The molecule has 0 bridgehead atoms. The Labute approximate surface area is 533 Å². The largest absolute Gasteiger partial charge is 0.506 e. The fourth-order valence-electron chi connectivity index (χ4n) is 10.6. The zero-order valence-corrected chi connectivity index (χ0v) is 55.3. The molecule has 3 heterocycles. The summed E-state index contributed by atoms with van der Waals surface area (Å²) in [5, 5.41) is 21.2. The van der Waals surface area contributed by atoms with E-state index in [-0.39, 0.29) is 135 Å². The summed E-state index contributed by atoms with van der Waals surface area (Å²) in [4.78, 5) is 155. The molecule has 2 aliphatic rings. The summed E-state index contributed by atoms with van der Waals surface area (Å²) >= 11 is 1.18. The van der Waals surface area contributed by atoms with E-state index in [2.05, 4.69) is 25.8 Å². The first-order valence-corrected chi connectivity index (χ1v) is 32.3. The summed E-state index contributed by atoms with van der Waals surface area (Å²) < 4.78 is 22.4. The molecule has 0 spiro atoms. The minimum absolute atomic E-state index is 0.00415. The molecule has 24 nitrogen and oxygen atoms in total. The van der Waals surface area contributed by atoms with E-state index in [9.17, 15) is 53.1 Å². The minimum atomic E-state index is -0.879. The minimum Gasteiger partial charge on any atom is -0.506 e. The van der Waals surface area contributed by atoms with E-state index in [1.807, 2.05) is 48.5 Å². The highest BCUT2D eigenvalue weighted by Gasteiger charge is 2.41. The molecule has 1 fully saturated rings. The number of carbonyl (C=O) groups is 10. The van der Waals surface area contributed by atoms with Gasteiger partial charge in [-0.2, -0.15) is 9.59 Å². The average Bonchev–Trinajstić information content (AvgIpc) is 1.43. The number of nitrogens with one attached hydrogen (secondary N) is 3. The van der Waals surface area contributed by atoms with Gasteiger partial charge in [-0.25, -0.2) is 4.98 Å². The van der Waals surface area contributed by atoms with Crippen LogP contribution in [-0.2, 0) is 78.1 Å². The van der Waals surface area contributed by atoms with Crippen molar-refractivity contribution in [1.29, 1.82) is 0 Å². The second kappa shape index (κ2) is 40.1. The number of anilines is 1. The first-order chi connectivity index (χ1) is 42.7. The number of amides is 6. The van der Waals surface area contributed by atoms with Crippen LogP contribution in [0.3, 0.4) is 0 Å². The summed E-state index contributed by atoms with van der Waals surface area (Å²) in [5.41, 5.74) is 0.263. The predicted molar refractivity (Wildman–Crippen MR) is 335 cm³/mol. The molecule has 1 saturated heterocycles. The summed E-state index contributed by atoms with van der Waals surface area (Å²) in [6, 6.07) is 3.08. The molecule has 500 valence electrons. The fraction of sp³-hybridized carbons (Fsp3) is 0.662. The number of Topliss-reactive ketones (excluding diaryl/α,β-unsaturated/α-hetero) is 3. The van der Waals surface area contributed by atoms with Gasteiger partial charge in [0.1, 0.15) is 22.2 Å². The number of phenolic OH excluding ortho intramolecular Hbond substituents is 1. The van der Waals surface area contributed by atoms with Gasteiger partial charge in [-0.15, -0.1) is 11.3 Å². The number of imide groups is 1. The zero-order valence-electron chi connectivity index (χ0n) is 54.5. The van der Waals surface area contributed by atoms with Crippen molar-refractivity contribution in [2.24, 2.45) is 23.7 Å². The lowest BCUT2D eigenvalue weighted by atomic mass is 9.81. The van der Waals surface area contributed by atoms with Gasteiger partial charge in [0.15, 0.2) is 17.7 Å². The quantitative estimate of drug-likeness (QED) is 0.0227. The highest BCUT2D eigenvalue weighted by molar-refractivity contribution is 7.09. The number of ether oxygens (including phenoxy) is 4. The van der Waals surface area contributed by atoms with Gasteiger partial charge in [-0.1, -0.05) is 60.5 Å². The Hall–Kier alpha value is -6.89. The molecule has 1 aromatic carbocycles. The van der Waals surface area contributed by atoms with Crippen molar-refractivity contribution >= 4 is 81.9 Å². The molecule has 0 saturated carbocycles. The van der Waals surface area contributed by atoms with Crippen LogP contribution in [0.5, 0.6) is 5.75 Å². The summed E-state index contributed by atoms with van der Waals surface area (Å²) in [5.74, 6) is -4.75. The van der Waals surface area contributed by atoms with E-state index >= 15 is 0 Å². The van der Waals surface area contributed by atoms with Crippen molar-refractivity contribution in [3.05, 3.63) is 52.0 Å². The molecule has 6 amide bonds. The third-order valence-electron chi connectivity index (χ3n) is 16.3. The van der Waals surface area contributed by atoms with Gasteiger partial charge in [0.05, 0.1) is 50.3 Å². The zero-order chi connectivity index (χ0) is 67.1. The SMILES string of the molecule is CCC[C@H](Cc1ccc(O)c(NC(=O)[C@H](C)CC(=O)[C@H](C)NC(=O)CCOCCOCCOCCCC(=O)CCCN2C(=O)C=CC2=O)c1)NC(=O)c1csc([C@@H](C[C@H](C(C)C)N(C)C(=O)[C@@H](CC(=O)C(C)(C)N2CCCC2)[C@@H](C)CC)OC(C)=O)n1.O=C=O. The number of thiazole rings is 1. The Kier molecular flexibility index (Phi) is 34.4. The van der Waals surface area contributed by atoms with E-state index in [1.165, 1.54) is 43.4 Å². The van der Waals surface area contributed by atoms with E-state index in [0.717, 1.165) is 30.8 Å². The lowest BCUT2D eigenvalue weighted by Gasteiger charge is -2.38.